The smallest absolute Gasteiger partial charge is 0.306 e. The molecule has 0 amide bonds. The second-order valence-electron chi connectivity index (χ2n) is 11.7. The Morgan fingerprint density at radius 1 is 1.05 bits per heavy atom. The number of hydrogen-bond donors (Lipinski definition) is 2. The quantitative estimate of drug-likeness (QED) is 0.235. The van der Waals surface area contributed by atoms with Gasteiger partial charge < -0.3 is 9.47 Å². The minimum atomic E-state index is -3.24. The Bertz CT molecular complexity index is 1310. The number of para-hydroxylation sites is 1. The summed E-state index contributed by atoms with van der Waals surface area (Å²) in [5.41, 5.74) is 4.20. The van der Waals surface area contributed by atoms with Crippen molar-refractivity contribution in [3.05, 3.63) is 95.1 Å². The molecule has 0 radical (unpaired) electrons. The summed E-state index contributed by atoms with van der Waals surface area (Å²) in [4.78, 5) is 13.5. The van der Waals surface area contributed by atoms with Crippen LogP contribution in [0.2, 0.25) is 0 Å². The lowest BCUT2D eigenvalue weighted by molar-refractivity contribution is -0.145. The highest BCUT2D eigenvalue weighted by Gasteiger charge is 2.34. The fourth-order valence-corrected chi connectivity index (χ4v) is 7.80. The summed E-state index contributed by atoms with van der Waals surface area (Å²) in [6.45, 7) is 5.05. The first-order valence-electron chi connectivity index (χ1n) is 14.9. The number of ether oxygens (including phenoxy) is 2. The largest absolute Gasteiger partial charge is 0.487 e. The predicted octanol–water partition coefficient (Wildman–Crippen LogP) is 8.49. The third kappa shape index (κ3) is 7.52. The number of nitrogens with zero attached hydrogens (tertiary/aromatic N) is 1. The molecule has 2 unspecified atom stereocenters. The van der Waals surface area contributed by atoms with Crippen LogP contribution in [0.3, 0.4) is 0 Å². The van der Waals surface area contributed by atoms with E-state index < -0.39 is 10.8 Å². The molecule has 3 aromatic carbocycles. The van der Waals surface area contributed by atoms with Crippen LogP contribution in [0, 0.1) is 12.8 Å². The Hall–Kier alpha value is -2.84. The van der Waals surface area contributed by atoms with Gasteiger partial charge >= 0.3 is 5.97 Å². The second-order valence-corrected chi connectivity index (χ2v) is 13.7. The molecule has 1 heterocycles. The number of benzene rings is 3. The van der Waals surface area contributed by atoms with E-state index in [1.165, 1.54) is 25.7 Å². The van der Waals surface area contributed by atoms with Gasteiger partial charge in [0.15, 0.2) is 0 Å². The van der Waals surface area contributed by atoms with Gasteiger partial charge in [0.05, 0.1) is 13.0 Å². The molecule has 220 valence electrons. The molecule has 41 heavy (non-hydrogen) atoms. The van der Waals surface area contributed by atoms with Crippen molar-refractivity contribution in [2.24, 2.45) is 5.92 Å². The van der Waals surface area contributed by atoms with E-state index in [0.717, 1.165) is 41.0 Å². The van der Waals surface area contributed by atoms with Crippen molar-refractivity contribution in [1.29, 1.82) is 0 Å². The van der Waals surface area contributed by atoms with Gasteiger partial charge in [-0.25, -0.2) is 0 Å². The molecule has 0 aromatic heterocycles. The van der Waals surface area contributed by atoms with Crippen LogP contribution in [0.4, 0.5) is 0 Å². The van der Waals surface area contributed by atoms with Gasteiger partial charge in [-0.05, 0) is 72.9 Å². The number of esters is 1. The second kappa shape index (κ2) is 13.4. The number of carbonyl (C=O) groups excluding carboxylic acids is 1. The Morgan fingerprint density at radius 2 is 1.78 bits per heavy atom. The molecule has 1 fully saturated rings. The maximum Gasteiger partial charge on any atom is 0.306 e. The zero-order valence-electron chi connectivity index (χ0n) is 24.2. The maximum absolute atomic E-state index is 13.0. The molecule has 5 rings (SSSR count). The van der Waals surface area contributed by atoms with Crippen LogP contribution >= 0.6 is 10.8 Å². The Kier molecular flexibility index (Phi) is 9.71. The molecule has 2 atom stereocenters. The topological polar surface area (TPSA) is 79.2 Å². The Morgan fingerprint density at radius 3 is 2.56 bits per heavy atom. The highest BCUT2D eigenvalue weighted by atomic mass is 32.3. The first kappa shape index (κ1) is 29.6. The summed E-state index contributed by atoms with van der Waals surface area (Å²) in [6, 6.07) is 23.4. The van der Waals surface area contributed by atoms with Gasteiger partial charge in [-0.3, -0.25) is 13.9 Å². The predicted molar refractivity (Wildman–Crippen MR) is 164 cm³/mol. The normalized spacial score (nSPS) is 20.4. The number of fused-ring (bicyclic) bond motifs is 1. The van der Waals surface area contributed by atoms with E-state index in [0.29, 0.717) is 30.2 Å². The summed E-state index contributed by atoms with van der Waals surface area (Å²) < 4.78 is 36.3. The van der Waals surface area contributed by atoms with E-state index in [9.17, 15) is 13.9 Å². The molecule has 0 spiro atoms. The van der Waals surface area contributed by atoms with E-state index >= 15 is 0 Å². The first-order valence-corrected chi connectivity index (χ1v) is 16.4. The lowest BCUT2D eigenvalue weighted by atomic mass is 9.86. The lowest BCUT2D eigenvalue weighted by Crippen LogP contribution is -2.33. The van der Waals surface area contributed by atoms with Crippen LogP contribution < -0.4 is 4.74 Å². The number of rotatable bonds is 10. The van der Waals surface area contributed by atoms with Crippen molar-refractivity contribution in [2.45, 2.75) is 88.9 Å². The molecule has 2 N–H and O–H groups in total. The average Bonchev–Trinajstić information content (AvgIpc) is 3.46. The molecule has 2 aliphatic rings. The zero-order chi connectivity index (χ0) is 28.8. The summed E-state index contributed by atoms with van der Waals surface area (Å²) in [5, 5.41) is 0. The van der Waals surface area contributed by atoms with Gasteiger partial charge in [0.25, 0.3) is 0 Å². The first-order chi connectivity index (χ1) is 19.8. The van der Waals surface area contributed by atoms with Crippen LogP contribution in [0.5, 0.6) is 5.75 Å². The average molecular weight is 578 g/mol. The third-order valence-corrected chi connectivity index (χ3v) is 10.5. The summed E-state index contributed by atoms with van der Waals surface area (Å²) in [5.74, 6) is 1.12. The monoisotopic (exact) mass is 577 g/mol. The molecule has 1 saturated carbocycles. The van der Waals surface area contributed by atoms with Crippen molar-refractivity contribution in [2.75, 3.05) is 6.54 Å². The minimum Gasteiger partial charge on any atom is -0.487 e. The fraction of sp³-hybridized carbons (Fsp3) is 0.441. The van der Waals surface area contributed by atoms with Crippen molar-refractivity contribution in [1.82, 2.24) is 4.31 Å². The molecule has 0 saturated heterocycles. The van der Waals surface area contributed by atoms with Crippen molar-refractivity contribution in [3.8, 4) is 5.75 Å². The van der Waals surface area contributed by atoms with Crippen LogP contribution in [-0.2, 0) is 22.7 Å². The van der Waals surface area contributed by atoms with Crippen molar-refractivity contribution in [3.63, 3.8) is 0 Å². The number of carbonyl (C=O) groups is 1. The molecule has 7 heteroatoms. The van der Waals surface area contributed by atoms with Crippen molar-refractivity contribution >= 4 is 16.7 Å². The molecule has 3 aromatic rings. The van der Waals surface area contributed by atoms with Gasteiger partial charge in [0.2, 0.25) is 0 Å². The van der Waals surface area contributed by atoms with Crippen molar-refractivity contribution < 1.29 is 23.4 Å². The Labute approximate surface area is 246 Å². The summed E-state index contributed by atoms with van der Waals surface area (Å²) in [7, 11) is -3.24. The maximum atomic E-state index is 13.0. The van der Waals surface area contributed by atoms with E-state index in [4.69, 9.17) is 9.47 Å². The standard InChI is InChI=1S/C34H43NO5S/c1-25-16-18-29(20-31(25)23-35-22-26(2)40-32-14-8-9-15-33(32)41(35,37)38)30(19-17-27-10-6-7-11-27)21-34(36)39-24-28-12-4-3-5-13-28/h3-5,8-9,12-16,18,20,26-27,30,37-38H,6-7,10-11,17,19,21-24H2,1-2H3. The van der Waals surface area contributed by atoms with Gasteiger partial charge in [0.1, 0.15) is 23.4 Å². The number of aryl methyl sites for hydroxylation is 1. The van der Waals surface area contributed by atoms with Crippen LogP contribution in [0.25, 0.3) is 0 Å². The molecule has 0 bridgehead atoms. The SMILES string of the molecule is Cc1ccc(C(CCC2CCCC2)CC(=O)OCc2ccccc2)cc1CN1CC(C)Oc2ccccc2S1(O)O. The van der Waals surface area contributed by atoms with Gasteiger partial charge in [0, 0.05) is 6.54 Å². The summed E-state index contributed by atoms with van der Waals surface area (Å²) >= 11 is 0. The highest BCUT2D eigenvalue weighted by Crippen LogP contribution is 2.57. The lowest BCUT2D eigenvalue weighted by Gasteiger charge is -2.42. The Balaban J connectivity index is 1.35. The highest BCUT2D eigenvalue weighted by molar-refractivity contribution is 8.22. The van der Waals surface area contributed by atoms with E-state index in [-0.39, 0.29) is 24.6 Å². The van der Waals surface area contributed by atoms with Crippen LogP contribution in [-0.4, -0.2) is 32.0 Å². The molecular weight excluding hydrogens is 534 g/mol. The number of hydrogen-bond acceptors (Lipinski definition) is 6. The fourth-order valence-electron chi connectivity index (χ4n) is 6.14. The zero-order valence-corrected chi connectivity index (χ0v) is 25.0. The van der Waals surface area contributed by atoms with Crippen LogP contribution in [0.15, 0.2) is 77.7 Å². The summed E-state index contributed by atoms with van der Waals surface area (Å²) in [6.07, 6.45) is 7.33. The van der Waals surface area contributed by atoms with E-state index in [2.05, 4.69) is 25.1 Å². The molecule has 6 nitrogen and oxygen atoms in total. The molecule has 1 aliphatic heterocycles. The molecule has 1 aliphatic carbocycles. The van der Waals surface area contributed by atoms with Crippen LogP contribution in [0.1, 0.15) is 80.0 Å². The molecular formula is C34H43NO5S. The van der Waals surface area contributed by atoms with E-state index in [1.807, 2.05) is 49.4 Å². The van der Waals surface area contributed by atoms with Gasteiger partial charge in [-0.1, -0.05) is 86.3 Å². The van der Waals surface area contributed by atoms with E-state index in [1.54, 1.807) is 16.4 Å². The minimum absolute atomic E-state index is 0.0469. The third-order valence-electron chi connectivity index (χ3n) is 8.54. The van der Waals surface area contributed by atoms with Gasteiger partial charge in [-0.2, -0.15) is 4.31 Å². The van der Waals surface area contributed by atoms with Gasteiger partial charge in [-0.15, -0.1) is 10.8 Å².